The molecule has 0 aliphatic carbocycles. The van der Waals surface area contributed by atoms with Crippen LogP contribution in [0.15, 0.2) is 30.3 Å². The van der Waals surface area contributed by atoms with Gasteiger partial charge in [-0.15, -0.1) is 0 Å². The van der Waals surface area contributed by atoms with Crippen LogP contribution < -0.4 is 0 Å². The molecule has 0 amide bonds. The molecule has 0 aliphatic rings. The fourth-order valence-electron chi connectivity index (χ4n) is 1.35. The minimum Gasteiger partial charge on any atom is -0.468 e. The maximum Gasteiger partial charge on any atom is 0.326 e. The lowest BCUT2D eigenvalue weighted by molar-refractivity contribution is -0.143. The standard InChI is InChI=1S/C11H14O2S/c1-3-11(14,10(12)13-2)9-7-5-4-6-8-9/h4-8,14H,3H2,1-2H3. The van der Waals surface area contributed by atoms with E-state index in [1.54, 1.807) is 0 Å². The van der Waals surface area contributed by atoms with Crippen LogP contribution in [-0.2, 0) is 14.3 Å². The third kappa shape index (κ3) is 1.93. The molecule has 76 valence electrons. The highest BCUT2D eigenvalue weighted by atomic mass is 32.1. The molecule has 0 bridgehead atoms. The quantitative estimate of drug-likeness (QED) is 0.612. The van der Waals surface area contributed by atoms with Crippen molar-refractivity contribution in [3.8, 4) is 0 Å². The van der Waals surface area contributed by atoms with Crippen molar-refractivity contribution in [1.29, 1.82) is 0 Å². The highest BCUT2D eigenvalue weighted by Gasteiger charge is 2.35. The second kappa shape index (κ2) is 4.51. The minimum atomic E-state index is -0.823. The predicted octanol–water partition coefficient (Wildman–Crippen LogP) is 2.39. The number of hydrogen-bond donors (Lipinski definition) is 1. The molecule has 1 aromatic carbocycles. The average Bonchev–Trinajstić information content (AvgIpc) is 2.28. The number of carbonyl (C=O) groups is 1. The average molecular weight is 210 g/mol. The van der Waals surface area contributed by atoms with E-state index in [1.165, 1.54) is 7.11 Å². The highest BCUT2D eigenvalue weighted by Crippen LogP contribution is 2.33. The van der Waals surface area contributed by atoms with E-state index in [0.717, 1.165) is 5.56 Å². The Morgan fingerprint density at radius 2 is 2.00 bits per heavy atom. The largest absolute Gasteiger partial charge is 0.468 e. The minimum absolute atomic E-state index is 0.311. The Bertz CT molecular complexity index is 310. The SMILES string of the molecule is CCC(S)(C(=O)OC)c1ccccc1. The summed E-state index contributed by atoms with van der Waals surface area (Å²) in [4.78, 5) is 11.6. The molecule has 2 nitrogen and oxygen atoms in total. The Kier molecular flexibility index (Phi) is 3.58. The molecule has 0 heterocycles. The normalized spacial score (nSPS) is 14.5. The molecule has 0 saturated heterocycles. The molecule has 0 aromatic heterocycles. The Morgan fingerprint density at radius 3 is 2.43 bits per heavy atom. The summed E-state index contributed by atoms with van der Waals surface area (Å²) < 4.78 is 3.92. The van der Waals surface area contributed by atoms with Crippen molar-refractivity contribution in [2.75, 3.05) is 7.11 Å². The molecule has 1 rings (SSSR count). The summed E-state index contributed by atoms with van der Waals surface area (Å²) in [5, 5.41) is 0. The molecule has 14 heavy (non-hydrogen) atoms. The van der Waals surface area contributed by atoms with Crippen LogP contribution in [0.1, 0.15) is 18.9 Å². The zero-order valence-electron chi connectivity index (χ0n) is 8.36. The van der Waals surface area contributed by atoms with Crippen molar-refractivity contribution in [2.45, 2.75) is 18.1 Å². The van der Waals surface area contributed by atoms with E-state index in [4.69, 9.17) is 4.74 Å². The number of methoxy groups -OCH3 is 1. The number of benzene rings is 1. The van der Waals surface area contributed by atoms with Crippen molar-refractivity contribution in [2.24, 2.45) is 0 Å². The van der Waals surface area contributed by atoms with Gasteiger partial charge in [-0.3, -0.25) is 4.79 Å². The number of esters is 1. The van der Waals surface area contributed by atoms with E-state index < -0.39 is 4.75 Å². The topological polar surface area (TPSA) is 26.3 Å². The zero-order valence-corrected chi connectivity index (χ0v) is 9.25. The summed E-state index contributed by atoms with van der Waals surface area (Å²) in [6.07, 6.45) is 0.604. The molecule has 1 unspecified atom stereocenters. The van der Waals surface area contributed by atoms with E-state index in [2.05, 4.69) is 12.6 Å². The van der Waals surface area contributed by atoms with E-state index in [0.29, 0.717) is 6.42 Å². The Hall–Kier alpha value is -0.960. The molecule has 0 N–H and O–H groups in total. The Morgan fingerprint density at radius 1 is 1.43 bits per heavy atom. The number of carbonyl (C=O) groups excluding carboxylic acids is 1. The highest BCUT2D eigenvalue weighted by molar-refractivity contribution is 7.82. The van der Waals surface area contributed by atoms with Gasteiger partial charge in [0.05, 0.1) is 7.11 Å². The molecule has 3 heteroatoms. The van der Waals surface area contributed by atoms with Crippen LogP contribution in [0.2, 0.25) is 0 Å². The lowest BCUT2D eigenvalue weighted by atomic mass is 9.95. The first-order chi connectivity index (χ1) is 6.65. The molecule has 0 aliphatic heterocycles. The van der Waals surface area contributed by atoms with Crippen LogP contribution >= 0.6 is 12.6 Å². The van der Waals surface area contributed by atoms with Gasteiger partial charge in [-0.1, -0.05) is 37.3 Å². The molecular formula is C11H14O2S. The molecule has 1 aromatic rings. The van der Waals surface area contributed by atoms with Gasteiger partial charge >= 0.3 is 5.97 Å². The summed E-state index contributed by atoms with van der Waals surface area (Å²) in [7, 11) is 1.38. The van der Waals surface area contributed by atoms with Crippen LogP contribution in [0, 0.1) is 0 Å². The van der Waals surface area contributed by atoms with Gasteiger partial charge in [0.1, 0.15) is 4.75 Å². The molecule has 1 atom stereocenters. The van der Waals surface area contributed by atoms with Gasteiger partial charge in [0.2, 0.25) is 0 Å². The fourth-order valence-corrected chi connectivity index (χ4v) is 1.59. The predicted molar refractivity (Wildman–Crippen MR) is 59.4 cm³/mol. The summed E-state index contributed by atoms with van der Waals surface area (Å²) >= 11 is 4.41. The fraction of sp³-hybridized carbons (Fsp3) is 0.364. The van der Waals surface area contributed by atoms with E-state index in [9.17, 15) is 4.79 Å². The Labute approximate surface area is 89.7 Å². The van der Waals surface area contributed by atoms with Crippen molar-refractivity contribution in [3.63, 3.8) is 0 Å². The molecule has 0 saturated carbocycles. The first kappa shape index (κ1) is 11.1. The molecular weight excluding hydrogens is 196 g/mol. The van der Waals surface area contributed by atoms with Gasteiger partial charge in [0.25, 0.3) is 0 Å². The number of hydrogen-bond acceptors (Lipinski definition) is 3. The maximum atomic E-state index is 11.6. The third-order valence-electron chi connectivity index (χ3n) is 2.29. The van der Waals surface area contributed by atoms with Crippen molar-refractivity contribution in [1.82, 2.24) is 0 Å². The second-order valence-corrected chi connectivity index (χ2v) is 3.83. The summed E-state index contributed by atoms with van der Waals surface area (Å²) in [6, 6.07) is 9.45. The lowest BCUT2D eigenvalue weighted by Gasteiger charge is -2.24. The molecule has 0 fully saturated rings. The van der Waals surface area contributed by atoms with E-state index >= 15 is 0 Å². The maximum absolute atomic E-state index is 11.6. The molecule has 0 radical (unpaired) electrons. The van der Waals surface area contributed by atoms with E-state index in [1.807, 2.05) is 37.3 Å². The second-order valence-electron chi connectivity index (χ2n) is 3.07. The van der Waals surface area contributed by atoms with Gasteiger partial charge in [-0.25, -0.2) is 0 Å². The van der Waals surface area contributed by atoms with Crippen LogP contribution in [0.25, 0.3) is 0 Å². The van der Waals surface area contributed by atoms with Crippen LogP contribution in [0.4, 0.5) is 0 Å². The summed E-state index contributed by atoms with van der Waals surface area (Å²) in [5.41, 5.74) is 0.873. The Balaban J connectivity index is 3.08. The lowest BCUT2D eigenvalue weighted by Crippen LogP contribution is -2.30. The first-order valence-electron chi connectivity index (χ1n) is 4.51. The number of thiol groups is 1. The van der Waals surface area contributed by atoms with Gasteiger partial charge in [0.15, 0.2) is 0 Å². The summed E-state index contributed by atoms with van der Waals surface area (Å²) in [5.74, 6) is -0.311. The van der Waals surface area contributed by atoms with Gasteiger partial charge in [-0.05, 0) is 12.0 Å². The van der Waals surface area contributed by atoms with Crippen molar-refractivity contribution < 1.29 is 9.53 Å². The van der Waals surface area contributed by atoms with E-state index in [-0.39, 0.29) is 5.97 Å². The van der Waals surface area contributed by atoms with Gasteiger partial charge < -0.3 is 4.74 Å². The van der Waals surface area contributed by atoms with Crippen LogP contribution in [0.3, 0.4) is 0 Å². The number of rotatable bonds is 3. The van der Waals surface area contributed by atoms with Crippen LogP contribution in [-0.4, -0.2) is 13.1 Å². The van der Waals surface area contributed by atoms with Gasteiger partial charge in [0, 0.05) is 0 Å². The first-order valence-corrected chi connectivity index (χ1v) is 4.96. The van der Waals surface area contributed by atoms with Gasteiger partial charge in [-0.2, -0.15) is 12.6 Å². The van der Waals surface area contributed by atoms with Crippen LogP contribution in [0.5, 0.6) is 0 Å². The van der Waals surface area contributed by atoms with Crippen molar-refractivity contribution in [3.05, 3.63) is 35.9 Å². The monoisotopic (exact) mass is 210 g/mol. The number of ether oxygens (including phenoxy) is 1. The zero-order chi connectivity index (χ0) is 10.6. The molecule has 0 spiro atoms. The smallest absolute Gasteiger partial charge is 0.326 e. The summed E-state index contributed by atoms with van der Waals surface area (Å²) in [6.45, 7) is 1.91. The van der Waals surface area contributed by atoms with Crippen molar-refractivity contribution >= 4 is 18.6 Å². The third-order valence-corrected chi connectivity index (χ3v) is 3.04.